The van der Waals surface area contributed by atoms with Gasteiger partial charge in [-0.3, -0.25) is 4.79 Å². The van der Waals surface area contributed by atoms with Gasteiger partial charge in [0.1, 0.15) is 11.3 Å². The van der Waals surface area contributed by atoms with Crippen LogP contribution in [-0.4, -0.2) is 27.9 Å². The van der Waals surface area contributed by atoms with Crippen LogP contribution in [-0.2, 0) is 12.8 Å². The van der Waals surface area contributed by atoms with E-state index in [4.69, 9.17) is 4.42 Å². The Labute approximate surface area is 146 Å². The van der Waals surface area contributed by atoms with Crippen molar-refractivity contribution in [1.82, 2.24) is 4.90 Å². The maximum atomic E-state index is 13.2. The summed E-state index contributed by atoms with van der Waals surface area (Å²) in [6, 6.07) is 9.93. The largest absolute Gasteiger partial charge is 0.478 e. The standard InChI is InChI=1S/C20H21NO4/c1-2-17-15(20(23)24)11-18(25-17)19(22)21(13-8-9-13)16-10-7-12-5-3-4-6-14(12)16/h3-6,11,13,16H,2,7-10H2,1H3,(H,23,24). The Balaban J connectivity index is 1.69. The number of carboxylic acids is 1. The molecule has 2 aromatic rings. The zero-order valence-corrected chi connectivity index (χ0v) is 14.2. The number of carbonyl (C=O) groups is 2. The van der Waals surface area contributed by atoms with Crippen molar-refractivity contribution >= 4 is 11.9 Å². The predicted octanol–water partition coefficient (Wildman–Crippen LogP) is 3.83. The lowest BCUT2D eigenvalue weighted by atomic mass is 10.1. The molecule has 1 N–H and O–H groups in total. The molecule has 1 saturated carbocycles. The first kappa shape index (κ1) is 15.9. The summed E-state index contributed by atoms with van der Waals surface area (Å²) >= 11 is 0. The lowest BCUT2D eigenvalue weighted by molar-refractivity contribution is 0.0622. The van der Waals surface area contributed by atoms with Gasteiger partial charge in [-0.15, -0.1) is 0 Å². The van der Waals surface area contributed by atoms with Gasteiger partial charge in [-0.25, -0.2) is 4.79 Å². The number of amides is 1. The maximum absolute atomic E-state index is 13.2. The molecular weight excluding hydrogens is 318 g/mol. The molecule has 0 bridgehead atoms. The number of aromatic carboxylic acids is 1. The highest BCUT2D eigenvalue weighted by Gasteiger charge is 2.41. The van der Waals surface area contributed by atoms with E-state index >= 15 is 0 Å². The normalized spacial score (nSPS) is 18.8. The van der Waals surface area contributed by atoms with E-state index in [1.54, 1.807) is 0 Å². The highest BCUT2D eigenvalue weighted by molar-refractivity contribution is 5.97. The van der Waals surface area contributed by atoms with Crippen LogP contribution < -0.4 is 0 Å². The van der Waals surface area contributed by atoms with E-state index in [9.17, 15) is 14.7 Å². The minimum absolute atomic E-state index is 0.0552. The molecule has 5 nitrogen and oxygen atoms in total. The minimum Gasteiger partial charge on any atom is -0.478 e. The summed E-state index contributed by atoms with van der Waals surface area (Å²) in [4.78, 5) is 26.5. The third-order valence-corrected chi connectivity index (χ3v) is 5.18. The van der Waals surface area contributed by atoms with Gasteiger partial charge in [-0.2, -0.15) is 0 Å². The van der Waals surface area contributed by atoms with Gasteiger partial charge in [-0.05, 0) is 36.8 Å². The molecule has 4 rings (SSSR count). The van der Waals surface area contributed by atoms with Crippen molar-refractivity contribution in [2.24, 2.45) is 0 Å². The van der Waals surface area contributed by atoms with E-state index < -0.39 is 5.97 Å². The minimum atomic E-state index is -1.05. The average Bonchev–Trinajstić information content (AvgIpc) is 3.20. The molecule has 1 fully saturated rings. The van der Waals surface area contributed by atoms with Crippen molar-refractivity contribution in [1.29, 1.82) is 0 Å². The highest BCUT2D eigenvalue weighted by atomic mass is 16.4. The quantitative estimate of drug-likeness (QED) is 0.898. The molecule has 1 unspecified atom stereocenters. The van der Waals surface area contributed by atoms with Crippen molar-refractivity contribution in [3.8, 4) is 0 Å². The Morgan fingerprint density at radius 2 is 2.00 bits per heavy atom. The number of fused-ring (bicyclic) bond motifs is 1. The van der Waals surface area contributed by atoms with Crippen molar-refractivity contribution in [2.45, 2.75) is 51.1 Å². The van der Waals surface area contributed by atoms with Crippen LogP contribution in [0.15, 0.2) is 34.7 Å². The average molecular weight is 339 g/mol. The Bertz CT molecular complexity index is 834. The molecule has 130 valence electrons. The summed E-state index contributed by atoms with van der Waals surface area (Å²) in [6.45, 7) is 1.82. The first-order chi connectivity index (χ1) is 12.1. The summed E-state index contributed by atoms with van der Waals surface area (Å²) in [6.07, 6.45) is 4.32. The lowest BCUT2D eigenvalue weighted by Crippen LogP contribution is -2.35. The Morgan fingerprint density at radius 3 is 2.64 bits per heavy atom. The molecule has 1 heterocycles. The van der Waals surface area contributed by atoms with Crippen LogP contribution in [0.5, 0.6) is 0 Å². The molecule has 1 atom stereocenters. The van der Waals surface area contributed by atoms with E-state index in [0.29, 0.717) is 12.2 Å². The van der Waals surface area contributed by atoms with Gasteiger partial charge < -0.3 is 14.4 Å². The van der Waals surface area contributed by atoms with E-state index in [1.807, 2.05) is 24.0 Å². The van der Waals surface area contributed by atoms with Crippen molar-refractivity contribution < 1.29 is 19.1 Å². The second-order valence-corrected chi connectivity index (χ2v) is 6.80. The third-order valence-electron chi connectivity index (χ3n) is 5.18. The van der Waals surface area contributed by atoms with Gasteiger partial charge in [0, 0.05) is 18.5 Å². The number of nitrogens with zero attached hydrogens (tertiary/aromatic N) is 1. The number of rotatable bonds is 5. The number of furan rings is 1. The number of benzene rings is 1. The Hall–Kier alpha value is -2.56. The van der Waals surface area contributed by atoms with Gasteiger partial charge in [0.2, 0.25) is 0 Å². The molecule has 2 aliphatic rings. The monoisotopic (exact) mass is 339 g/mol. The highest BCUT2D eigenvalue weighted by Crippen LogP contribution is 2.42. The van der Waals surface area contributed by atoms with Crippen LogP contribution in [0.4, 0.5) is 0 Å². The summed E-state index contributed by atoms with van der Waals surface area (Å²) in [5.74, 6) is -0.737. The van der Waals surface area contributed by atoms with Gasteiger partial charge in [0.15, 0.2) is 5.76 Å². The van der Waals surface area contributed by atoms with E-state index in [2.05, 4.69) is 12.1 Å². The second kappa shape index (κ2) is 6.06. The molecule has 0 aliphatic heterocycles. The summed E-state index contributed by atoms with van der Waals surface area (Å²) in [5, 5.41) is 9.31. The van der Waals surface area contributed by atoms with E-state index in [1.165, 1.54) is 17.2 Å². The Kier molecular flexibility index (Phi) is 3.86. The van der Waals surface area contributed by atoms with Crippen molar-refractivity contribution in [2.75, 3.05) is 0 Å². The first-order valence-electron chi connectivity index (χ1n) is 8.86. The van der Waals surface area contributed by atoms with Crippen molar-refractivity contribution in [3.05, 3.63) is 58.5 Å². The number of hydrogen-bond donors (Lipinski definition) is 1. The van der Waals surface area contributed by atoms with Gasteiger partial charge in [0.25, 0.3) is 5.91 Å². The number of carboxylic acid groups (broad SMARTS) is 1. The molecular formula is C20H21NO4. The van der Waals surface area contributed by atoms with E-state index in [-0.39, 0.29) is 29.3 Å². The third kappa shape index (κ3) is 2.73. The van der Waals surface area contributed by atoms with Crippen LogP contribution in [0.1, 0.15) is 70.0 Å². The SMILES string of the molecule is CCc1oc(C(=O)N(C2CC2)C2CCc3ccccc32)cc1C(=O)O. The molecule has 1 aromatic carbocycles. The lowest BCUT2D eigenvalue weighted by Gasteiger charge is -2.29. The number of carbonyl (C=O) groups excluding carboxylic acids is 1. The Morgan fingerprint density at radius 1 is 1.24 bits per heavy atom. The van der Waals surface area contributed by atoms with Crippen molar-refractivity contribution in [3.63, 3.8) is 0 Å². The van der Waals surface area contributed by atoms with Crippen LogP contribution in [0, 0.1) is 0 Å². The fraction of sp³-hybridized carbons (Fsp3) is 0.400. The first-order valence-corrected chi connectivity index (χ1v) is 8.86. The summed E-state index contributed by atoms with van der Waals surface area (Å²) in [7, 11) is 0. The van der Waals surface area contributed by atoms with E-state index in [0.717, 1.165) is 25.7 Å². The summed E-state index contributed by atoms with van der Waals surface area (Å²) in [5.41, 5.74) is 2.60. The topological polar surface area (TPSA) is 70.8 Å². The number of hydrogen-bond acceptors (Lipinski definition) is 3. The molecule has 0 radical (unpaired) electrons. The second-order valence-electron chi connectivity index (χ2n) is 6.80. The predicted molar refractivity (Wildman–Crippen MR) is 91.7 cm³/mol. The van der Waals surface area contributed by atoms with Crippen LogP contribution in [0.25, 0.3) is 0 Å². The van der Waals surface area contributed by atoms with Gasteiger partial charge >= 0.3 is 5.97 Å². The molecule has 0 spiro atoms. The molecule has 25 heavy (non-hydrogen) atoms. The summed E-state index contributed by atoms with van der Waals surface area (Å²) < 4.78 is 5.62. The number of aryl methyl sites for hydroxylation is 2. The van der Waals surface area contributed by atoms with Crippen LogP contribution >= 0.6 is 0 Å². The fourth-order valence-corrected chi connectivity index (χ4v) is 3.84. The van der Waals surface area contributed by atoms with Crippen LogP contribution in [0.3, 0.4) is 0 Å². The zero-order valence-electron chi connectivity index (χ0n) is 14.2. The molecule has 1 amide bonds. The van der Waals surface area contributed by atoms with Gasteiger partial charge in [0.05, 0.1) is 6.04 Å². The zero-order chi connectivity index (χ0) is 17.6. The smallest absolute Gasteiger partial charge is 0.339 e. The maximum Gasteiger partial charge on any atom is 0.339 e. The molecule has 5 heteroatoms. The molecule has 0 saturated heterocycles. The molecule has 1 aromatic heterocycles. The molecule has 2 aliphatic carbocycles. The fourth-order valence-electron chi connectivity index (χ4n) is 3.84. The van der Waals surface area contributed by atoms with Gasteiger partial charge in [-0.1, -0.05) is 31.2 Å². The van der Waals surface area contributed by atoms with Crippen LogP contribution in [0.2, 0.25) is 0 Å².